The van der Waals surface area contributed by atoms with Crippen molar-refractivity contribution in [2.45, 2.75) is 25.1 Å². The van der Waals surface area contributed by atoms with Crippen LogP contribution < -0.4 is 10.0 Å². The summed E-state index contributed by atoms with van der Waals surface area (Å²) in [5.74, 6) is -0.167. The zero-order valence-corrected chi connectivity index (χ0v) is 11.4. The third-order valence-corrected chi connectivity index (χ3v) is 4.13. The number of benzene rings is 1. The molecule has 0 aromatic heterocycles. The van der Waals surface area contributed by atoms with E-state index in [0.717, 1.165) is 25.0 Å². The fraction of sp³-hybridized carbons (Fsp3) is 0.500. The van der Waals surface area contributed by atoms with Crippen molar-refractivity contribution in [3.05, 3.63) is 29.8 Å². The van der Waals surface area contributed by atoms with Crippen molar-refractivity contribution in [1.82, 2.24) is 5.32 Å². The van der Waals surface area contributed by atoms with Gasteiger partial charge in [-0.25, -0.2) is 8.42 Å². The summed E-state index contributed by atoms with van der Waals surface area (Å²) >= 11 is 0. The second-order valence-electron chi connectivity index (χ2n) is 4.73. The van der Waals surface area contributed by atoms with Gasteiger partial charge in [0.25, 0.3) is 0 Å². The first kappa shape index (κ1) is 15.1. The largest absolute Gasteiger partial charge is 0.416 e. The summed E-state index contributed by atoms with van der Waals surface area (Å²) in [6.07, 6.45) is -2.41. The van der Waals surface area contributed by atoms with Crippen LogP contribution in [0.25, 0.3) is 0 Å². The SMILES string of the molecule is O=S(=O)(CCNC1CC1)Nc1cccc(C(F)(F)F)c1. The maximum absolute atomic E-state index is 12.5. The molecule has 20 heavy (non-hydrogen) atoms. The minimum atomic E-state index is -4.49. The number of anilines is 1. The summed E-state index contributed by atoms with van der Waals surface area (Å²) in [4.78, 5) is 0. The van der Waals surface area contributed by atoms with Gasteiger partial charge in [0.2, 0.25) is 10.0 Å². The van der Waals surface area contributed by atoms with E-state index in [1.54, 1.807) is 0 Å². The highest BCUT2D eigenvalue weighted by Gasteiger charge is 2.30. The average Bonchev–Trinajstić information content (AvgIpc) is 3.11. The molecular formula is C12H15F3N2O2S. The van der Waals surface area contributed by atoms with Crippen molar-refractivity contribution in [3.8, 4) is 0 Å². The van der Waals surface area contributed by atoms with Gasteiger partial charge in [-0.1, -0.05) is 6.07 Å². The summed E-state index contributed by atoms with van der Waals surface area (Å²) < 4.78 is 63.2. The third kappa shape index (κ3) is 4.68. The molecule has 0 aliphatic heterocycles. The topological polar surface area (TPSA) is 58.2 Å². The lowest BCUT2D eigenvalue weighted by Crippen LogP contribution is -2.28. The van der Waals surface area contributed by atoms with Gasteiger partial charge in [0, 0.05) is 18.3 Å². The molecule has 2 rings (SSSR count). The quantitative estimate of drug-likeness (QED) is 0.847. The lowest BCUT2D eigenvalue weighted by Gasteiger charge is -2.11. The Morgan fingerprint density at radius 2 is 1.95 bits per heavy atom. The Labute approximate surface area is 115 Å². The first-order chi connectivity index (χ1) is 9.26. The van der Waals surface area contributed by atoms with Crippen LogP contribution in [0.2, 0.25) is 0 Å². The molecule has 0 amide bonds. The van der Waals surface area contributed by atoms with Crippen LogP contribution in [-0.2, 0) is 16.2 Å². The zero-order chi connectivity index (χ0) is 14.8. The van der Waals surface area contributed by atoms with Crippen LogP contribution >= 0.6 is 0 Å². The molecule has 0 radical (unpaired) electrons. The van der Waals surface area contributed by atoms with Gasteiger partial charge in [0.1, 0.15) is 0 Å². The minimum Gasteiger partial charge on any atom is -0.313 e. The Morgan fingerprint density at radius 3 is 2.55 bits per heavy atom. The lowest BCUT2D eigenvalue weighted by molar-refractivity contribution is -0.137. The second-order valence-corrected chi connectivity index (χ2v) is 6.57. The van der Waals surface area contributed by atoms with Crippen molar-refractivity contribution in [1.29, 1.82) is 0 Å². The van der Waals surface area contributed by atoms with E-state index >= 15 is 0 Å². The van der Waals surface area contributed by atoms with Crippen molar-refractivity contribution in [2.24, 2.45) is 0 Å². The molecule has 1 aliphatic rings. The molecule has 0 unspecified atom stereocenters. The molecule has 0 atom stereocenters. The van der Waals surface area contributed by atoms with Crippen LogP contribution in [0.4, 0.5) is 18.9 Å². The molecule has 2 N–H and O–H groups in total. The molecule has 0 saturated heterocycles. The number of hydrogen-bond donors (Lipinski definition) is 2. The smallest absolute Gasteiger partial charge is 0.313 e. The Bertz CT molecular complexity index is 568. The summed E-state index contributed by atoms with van der Waals surface area (Å²) in [7, 11) is -3.64. The molecule has 0 bridgehead atoms. The molecule has 4 nitrogen and oxygen atoms in total. The van der Waals surface area contributed by atoms with E-state index in [1.807, 2.05) is 0 Å². The molecule has 8 heteroatoms. The van der Waals surface area contributed by atoms with Gasteiger partial charge in [0.05, 0.1) is 11.3 Å². The number of rotatable bonds is 6. The Morgan fingerprint density at radius 1 is 1.25 bits per heavy atom. The number of hydrogen-bond acceptors (Lipinski definition) is 3. The van der Waals surface area contributed by atoms with Gasteiger partial charge in [0.15, 0.2) is 0 Å². The third-order valence-electron chi connectivity index (χ3n) is 2.84. The molecule has 0 heterocycles. The van der Waals surface area contributed by atoms with Crippen LogP contribution in [0.3, 0.4) is 0 Å². The number of halogens is 3. The number of alkyl halides is 3. The van der Waals surface area contributed by atoms with E-state index < -0.39 is 21.8 Å². The summed E-state index contributed by atoms with van der Waals surface area (Å²) in [6, 6.07) is 4.53. The Balaban J connectivity index is 1.97. The highest BCUT2D eigenvalue weighted by molar-refractivity contribution is 7.92. The van der Waals surface area contributed by atoms with E-state index in [2.05, 4.69) is 10.0 Å². The van der Waals surface area contributed by atoms with Crippen LogP contribution in [-0.4, -0.2) is 26.8 Å². The van der Waals surface area contributed by atoms with Crippen LogP contribution in [0, 0.1) is 0 Å². The molecule has 112 valence electrons. The van der Waals surface area contributed by atoms with Crippen molar-refractivity contribution >= 4 is 15.7 Å². The number of sulfonamides is 1. The van der Waals surface area contributed by atoms with E-state index in [-0.39, 0.29) is 11.4 Å². The van der Waals surface area contributed by atoms with E-state index in [1.165, 1.54) is 12.1 Å². The average molecular weight is 308 g/mol. The van der Waals surface area contributed by atoms with Gasteiger partial charge in [-0.15, -0.1) is 0 Å². The van der Waals surface area contributed by atoms with Crippen molar-refractivity contribution in [2.75, 3.05) is 17.0 Å². The normalized spacial score (nSPS) is 16.1. The maximum Gasteiger partial charge on any atom is 0.416 e. The van der Waals surface area contributed by atoms with Crippen LogP contribution in [0.5, 0.6) is 0 Å². The Hall–Kier alpha value is -1.28. The van der Waals surface area contributed by atoms with Crippen molar-refractivity contribution in [3.63, 3.8) is 0 Å². The molecule has 0 spiro atoms. The first-order valence-electron chi connectivity index (χ1n) is 6.17. The lowest BCUT2D eigenvalue weighted by atomic mass is 10.2. The molecular weight excluding hydrogens is 293 g/mol. The van der Waals surface area contributed by atoms with Gasteiger partial charge >= 0.3 is 6.18 Å². The fourth-order valence-corrected chi connectivity index (χ4v) is 2.65. The molecule has 1 fully saturated rings. The molecule has 1 aromatic rings. The molecule has 1 saturated carbocycles. The van der Waals surface area contributed by atoms with Gasteiger partial charge in [-0.3, -0.25) is 4.72 Å². The standard InChI is InChI=1S/C12H15F3N2O2S/c13-12(14,15)9-2-1-3-11(8-9)17-20(18,19)7-6-16-10-4-5-10/h1-3,8,10,16-17H,4-7H2. The van der Waals surface area contributed by atoms with Crippen LogP contribution in [0.1, 0.15) is 18.4 Å². The summed E-state index contributed by atoms with van der Waals surface area (Å²) in [5, 5.41) is 3.03. The first-order valence-corrected chi connectivity index (χ1v) is 7.83. The highest BCUT2D eigenvalue weighted by atomic mass is 32.2. The zero-order valence-electron chi connectivity index (χ0n) is 10.6. The van der Waals surface area contributed by atoms with Gasteiger partial charge in [-0.05, 0) is 31.0 Å². The van der Waals surface area contributed by atoms with E-state index in [0.29, 0.717) is 12.6 Å². The fourth-order valence-electron chi connectivity index (χ4n) is 1.67. The summed E-state index contributed by atoms with van der Waals surface area (Å²) in [6.45, 7) is 0.291. The maximum atomic E-state index is 12.5. The predicted molar refractivity (Wildman–Crippen MR) is 69.9 cm³/mol. The minimum absolute atomic E-state index is 0.0775. The summed E-state index contributed by atoms with van der Waals surface area (Å²) in [5.41, 5.74) is -0.958. The van der Waals surface area contributed by atoms with Gasteiger partial charge < -0.3 is 5.32 Å². The van der Waals surface area contributed by atoms with Crippen molar-refractivity contribution < 1.29 is 21.6 Å². The molecule has 1 aliphatic carbocycles. The monoisotopic (exact) mass is 308 g/mol. The highest BCUT2D eigenvalue weighted by Crippen LogP contribution is 2.30. The predicted octanol–water partition coefficient (Wildman–Crippen LogP) is 2.20. The van der Waals surface area contributed by atoms with E-state index in [9.17, 15) is 21.6 Å². The van der Waals surface area contributed by atoms with Gasteiger partial charge in [-0.2, -0.15) is 13.2 Å². The van der Waals surface area contributed by atoms with Crippen LogP contribution in [0.15, 0.2) is 24.3 Å². The molecule has 1 aromatic carbocycles. The number of nitrogens with one attached hydrogen (secondary N) is 2. The Kier molecular flexibility index (Phi) is 4.24. The second kappa shape index (κ2) is 5.61. The van der Waals surface area contributed by atoms with E-state index in [4.69, 9.17) is 0 Å².